The van der Waals surface area contributed by atoms with Crippen LogP contribution >= 0.6 is 0 Å². The van der Waals surface area contributed by atoms with Crippen molar-refractivity contribution in [3.63, 3.8) is 0 Å². The molecule has 0 aromatic carbocycles. The van der Waals surface area contributed by atoms with Gasteiger partial charge in [0.05, 0.1) is 5.39 Å². The maximum atomic E-state index is 5.76. The van der Waals surface area contributed by atoms with Crippen molar-refractivity contribution in [2.45, 2.75) is 13.8 Å². The first-order valence-electron chi connectivity index (χ1n) is 4.16. The Balaban J connectivity index is 2.97. The molecule has 0 aliphatic heterocycles. The lowest BCUT2D eigenvalue weighted by Gasteiger charge is -1.98. The lowest BCUT2D eigenvalue weighted by molar-refractivity contribution is 0.789. The standard InChI is InChI=1S/C9H12N4/c1-5-4-6(2)11-9-7(5)8(10)12-13(9)3/h4H,1-3H3,(H2,10,12). The van der Waals surface area contributed by atoms with Gasteiger partial charge in [0.1, 0.15) is 0 Å². The van der Waals surface area contributed by atoms with Crippen molar-refractivity contribution >= 4 is 16.9 Å². The minimum atomic E-state index is 0.558. The Morgan fingerprint density at radius 1 is 1.38 bits per heavy atom. The summed E-state index contributed by atoms with van der Waals surface area (Å²) in [6.45, 7) is 3.99. The van der Waals surface area contributed by atoms with Crippen molar-refractivity contribution in [3.8, 4) is 0 Å². The largest absolute Gasteiger partial charge is 0.382 e. The maximum absolute atomic E-state index is 5.76. The number of nitrogen functional groups attached to an aromatic ring is 1. The van der Waals surface area contributed by atoms with Crippen LogP contribution in [-0.4, -0.2) is 14.8 Å². The quantitative estimate of drug-likeness (QED) is 0.655. The Labute approximate surface area is 76.4 Å². The third-order valence-corrected chi connectivity index (χ3v) is 2.15. The van der Waals surface area contributed by atoms with Crippen LogP contribution < -0.4 is 5.73 Å². The third kappa shape index (κ3) is 1.06. The zero-order valence-electron chi connectivity index (χ0n) is 8.00. The average molecular weight is 176 g/mol. The molecule has 0 radical (unpaired) electrons. The smallest absolute Gasteiger partial charge is 0.160 e. The summed E-state index contributed by atoms with van der Waals surface area (Å²) in [4.78, 5) is 4.38. The highest BCUT2D eigenvalue weighted by molar-refractivity contribution is 5.89. The van der Waals surface area contributed by atoms with E-state index < -0.39 is 0 Å². The number of pyridine rings is 1. The summed E-state index contributed by atoms with van der Waals surface area (Å²) < 4.78 is 1.71. The van der Waals surface area contributed by atoms with Gasteiger partial charge in [-0.05, 0) is 25.5 Å². The fourth-order valence-electron chi connectivity index (χ4n) is 1.63. The van der Waals surface area contributed by atoms with E-state index in [-0.39, 0.29) is 0 Å². The van der Waals surface area contributed by atoms with Gasteiger partial charge in [-0.3, -0.25) is 0 Å². The Morgan fingerprint density at radius 2 is 2.08 bits per heavy atom. The summed E-state index contributed by atoms with van der Waals surface area (Å²) in [5.41, 5.74) is 8.74. The van der Waals surface area contributed by atoms with Crippen molar-refractivity contribution < 1.29 is 0 Å². The third-order valence-electron chi connectivity index (χ3n) is 2.15. The average Bonchev–Trinajstić information content (AvgIpc) is 2.27. The number of fused-ring (bicyclic) bond motifs is 1. The molecule has 0 saturated heterocycles. The molecule has 4 heteroatoms. The van der Waals surface area contributed by atoms with Crippen molar-refractivity contribution in [2.24, 2.45) is 7.05 Å². The number of hydrogen-bond acceptors (Lipinski definition) is 3. The molecule has 2 aromatic rings. The molecule has 4 nitrogen and oxygen atoms in total. The summed E-state index contributed by atoms with van der Waals surface area (Å²) in [5.74, 6) is 0.558. The predicted octanol–water partition coefficient (Wildman–Crippen LogP) is 1.17. The van der Waals surface area contributed by atoms with E-state index in [0.29, 0.717) is 5.82 Å². The first kappa shape index (κ1) is 8.04. The molecule has 2 aromatic heterocycles. The highest BCUT2D eigenvalue weighted by atomic mass is 15.3. The Hall–Kier alpha value is -1.58. The van der Waals surface area contributed by atoms with E-state index in [4.69, 9.17) is 5.73 Å². The van der Waals surface area contributed by atoms with Gasteiger partial charge in [0.25, 0.3) is 0 Å². The molecule has 2 rings (SSSR count). The number of aryl methyl sites for hydroxylation is 3. The molecule has 2 N–H and O–H groups in total. The number of nitrogens with zero attached hydrogens (tertiary/aromatic N) is 3. The fourth-order valence-corrected chi connectivity index (χ4v) is 1.63. The normalized spacial score (nSPS) is 11.0. The van der Waals surface area contributed by atoms with Crippen molar-refractivity contribution in [1.82, 2.24) is 14.8 Å². The van der Waals surface area contributed by atoms with Crippen LogP contribution in [0.2, 0.25) is 0 Å². The molecule has 0 aliphatic rings. The van der Waals surface area contributed by atoms with E-state index in [1.54, 1.807) is 4.68 Å². The predicted molar refractivity (Wildman–Crippen MR) is 52.4 cm³/mol. The first-order valence-corrected chi connectivity index (χ1v) is 4.16. The van der Waals surface area contributed by atoms with Crippen LogP contribution in [-0.2, 0) is 7.05 Å². The number of nitrogens with two attached hydrogens (primary N) is 1. The van der Waals surface area contributed by atoms with Crippen molar-refractivity contribution in [1.29, 1.82) is 0 Å². The van der Waals surface area contributed by atoms with Crippen LogP contribution in [0.25, 0.3) is 11.0 Å². The number of anilines is 1. The molecule has 68 valence electrons. The van der Waals surface area contributed by atoms with Gasteiger partial charge in [-0.2, -0.15) is 5.10 Å². The van der Waals surface area contributed by atoms with Crippen LogP contribution in [0.15, 0.2) is 6.07 Å². The van der Waals surface area contributed by atoms with Gasteiger partial charge >= 0.3 is 0 Å². The van der Waals surface area contributed by atoms with Gasteiger partial charge in [-0.15, -0.1) is 0 Å². The van der Waals surface area contributed by atoms with Crippen LogP contribution in [0.5, 0.6) is 0 Å². The van der Waals surface area contributed by atoms with E-state index in [2.05, 4.69) is 10.1 Å². The number of hydrogen-bond donors (Lipinski definition) is 1. The van der Waals surface area contributed by atoms with Gasteiger partial charge in [0.15, 0.2) is 11.5 Å². The molecule has 0 aliphatic carbocycles. The van der Waals surface area contributed by atoms with Gasteiger partial charge in [-0.1, -0.05) is 0 Å². The zero-order valence-corrected chi connectivity index (χ0v) is 8.00. The Morgan fingerprint density at radius 3 is 2.77 bits per heavy atom. The number of aromatic nitrogens is 3. The molecular formula is C9H12N4. The molecule has 0 fully saturated rings. The van der Waals surface area contributed by atoms with Gasteiger partial charge in [0, 0.05) is 12.7 Å². The maximum Gasteiger partial charge on any atom is 0.160 e. The minimum Gasteiger partial charge on any atom is -0.382 e. The van der Waals surface area contributed by atoms with Gasteiger partial charge in [0.2, 0.25) is 0 Å². The molecule has 0 saturated carbocycles. The second-order valence-electron chi connectivity index (χ2n) is 3.29. The summed E-state index contributed by atoms with van der Waals surface area (Å²) in [6.07, 6.45) is 0. The van der Waals surface area contributed by atoms with Crippen LogP contribution in [0.1, 0.15) is 11.3 Å². The Kier molecular flexibility index (Phi) is 1.52. The second kappa shape index (κ2) is 2.45. The lowest BCUT2D eigenvalue weighted by atomic mass is 10.2. The molecule has 0 spiro atoms. The SMILES string of the molecule is Cc1cc(C)c2c(N)nn(C)c2n1. The van der Waals surface area contributed by atoms with Crippen molar-refractivity contribution in [3.05, 3.63) is 17.3 Å². The molecule has 0 unspecified atom stereocenters. The molecule has 13 heavy (non-hydrogen) atoms. The summed E-state index contributed by atoms with van der Waals surface area (Å²) in [6, 6.07) is 2.01. The summed E-state index contributed by atoms with van der Waals surface area (Å²) in [5, 5.41) is 5.09. The van der Waals surface area contributed by atoms with Gasteiger partial charge in [-0.25, -0.2) is 9.67 Å². The zero-order chi connectivity index (χ0) is 9.59. The molecule has 2 heterocycles. The molecule has 0 amide bonds. The van der Waals surface area contributed by atoms with E-state index in [0.717, 1.165) is 22.3 Å². The summed E-state index contributed by atoms with van der Waals surface area (Å²) in [7, 11) is 1.85. The summed E-state index contributed by atoms with van der Waals surface area (Å²) >= 11 is 0. The van der Waals surface area contributed by atoms with E-state index in [1.165, 1.54) is 0 Å². The monoisotopic (exact) mass is 176 g/mol. The van der Waals surface area contributed by atoms with E-state index >= 15 is 0 Å². The van der Waals surface area contributed by atoms with Crippen LogP contribution in [0, 0.1) is 13.8 Å². The molecular weight excluding hydrogens is 164 g/mol. The van der Waals surface area contributed by atoms with Crippen LogP contribution in [0.4, 0.5) is 5.82 Å². The highest BCUT2D eigenvalue weighted by Crippen LogP contribution is 2.22. The lowest BCUT2D eigenvalue weighted by Crippen LogP contribution is -1.93. The van der Waals surface area contributed by atoms with Crippen LogP contribution in [0.3, 0.4) is 0 Å². The van der Waals surface area contributed by atoms with Crippen molar-refractivity contribution in [2.75, 3.05) is 5.73 Å². The molecule has 0 atom stereocenters. The van der Waals surface area contributed by atoms with E-state index in [1.807, 2.05) is 27.0 Å². The minimum absolute atomic E-state index is 0.558. The topological polar surface area (TPSA) is 56.7 Å². The fraction of sp³-hybridized carbons (Fsp3) is 0.333. The second-order valence-corrected chi connectivity index (χ2v) is 3.29. The Bertz CT molecular complexity index is 470. The van der Waals surface area contributed by atoms with Gasteiger partial charge < -0.3 is 5.73 Å². The van der Waals surface area contributed by atoms with E-state index in [9.17, 15) is 0 Å². The molecule has 0 bridgehead atoms. The number of rotatable bonds is 0. The highest BCUT2D eigenvalue weighted by Gasteiger charge is 2.09. The first-order chi connectivity index (χ1) is 6.09.